The van der Waals surface area contributed by atoms with Crippen LogP contribution in [0.5, 0.6) is 0 Å². The lowest BCUT2D eigenvalue weighted by Gasteiger charge is -2.35. The molecule has 1 aromatic carbocycles. The molecule has 1 heterocycles. The van der Waals surface area contributed by atoms with E-state index in [1.165, 1.54) is 12.1 Å². The Morgan fingerprint density at radius 2 is 2.08 bits per heavy atom. The van der Waals surface area contributed by atoms with Crippen LogP contribution in [-0.2, 0) is 9.59 Å². The van der Waals surface area contributed by atoms with E-state index in [4.69, 9.17) is 5.26 Å². The van der Waals surface area contributed by atoms with E-state index in [1.54, 1.807) is 11.0 Å². The second kappa shape index (κ2) is 7.00. The van der Waals surface area contributed by atoms with Gasteiger partial charge in [-0.2, -0.15) is 5.26 Å². The number of carbonyl (C=O) groups excluding carboxylic acids is 2. The second-order valence-electron chi connectivity index (χ2n) is 7.14. The number of nitriles is 1. The molecule has 0 aliphatic carbocycles. The van der Waals surface area contributed by atoms with E-state index in [0.717, 1.165) is 12.5 Å². The number of anilines is 1. The van der Waals surface area contributed by atoms with Crippen LogP contribution in [0.2, 0.25) is 0 Å². The first-order valence-electron chi connectivity index (χ1n) is 8.02. The summed E-state index contributed by atoms with van der Waals surface area (Å²) in [6.45, 7) is 6.63. The summed E-state index contributed by atoms with van der Waals surface area (Å²) in [6, 6.07) is 5.64. The fraction of sp³-hybridized carbons (Fsp3) is 0.500. The summed E-state index contributed by atoms with van der Waals surface area (Å²) in [7, 11) is 0. The van der Waals surface area contributed by atoms with Gasteiger partial charge in [-0.1, -0.05) is 20.8 Å². The highest BCUT2D eigenvalue weighted by molar-refractivity contribution is 5.93. The van der Waals surface area contributed by atoms with Gasteiger partial charge < -0.3 is 10.2 Å². The molecule has 1 aliphatic heterocycles. The summed E-state index contributed by atoms with van der Waals surface area (Å²) in [5, 5.41) is 11.6. The third kappa shape index (κ3) is 4.10. The van der Waals surface area contributed by atoms with Crippen molar-refractivity contribution >= 4 is 17.5 Å². The maximum absolute atomic E-state index is 13.3. The molecule has 5 nitrogen and oxygen atoms in total. The average Bonchev–Trinajstić information content (AvgIpc) is 2.55. The van der Waals surface area contributed by atoms with Crippen molar-refractivity contribution in [2.45, 2.75) is 33.6 Å². The normalized spacial score (nSPS) is 18.0. The molecule has 128 valence electrons. The van der Waals surface area contributed by atoms with E-state index in [-0.39, 0.29) is 23.3 Å². The first-order chi connectivity index (χ1) is 11.2. The largest absolute Gasteiger partial charge is 0.341 e. The highest BCUT2D eigenvalue weighted by Crippen LogP contribution is 2.24. The van der Waals surface area contributed by atoms with Gasteiger partial charge in [-0.3, -0.25) is 9.59 Å². The maximum Gasteiger partial charge on any atom is 0.229 e. The van der Waals surface area contributed by atoms with Crippen LogP contribution in [0, 0.1) is 28.5 Å². The third-order valence-corrected chi connectivity index (χ3v) is 4.08. The van der Waals surface area contributed by atoms with Crippen molar-refractivity contribution in [1.82, 2.24) is 4.90 Å². The lowest BCUT2D eigenvalue weighted by atomic mass is 9.91. The summed E-state index contributed by atoms with van der Waals surface area (Å²) in [4.78, 5) is 26.6. The van der Waals surface area contributed by atoms with Crippen LogP contribution >= 0.6 is 0 Å². The zero-order chi connectivity index (χ0) is 17.9. The van der Waals surface area contributed by atoms with Gasteiger partial charge >= 0.3 is 0 Å². The molecule has 1 unspecified atom stereocenters. The highest BCUT2D eigenvalue weighted by Gasteiger charge is 2.33. The predicted octanol–water partition coefficient (Wildman–Crippen LogP) is 2.92. The minimum atomic E-state index is -0.616. The van der Waals surface area contributed by atoms with Crippen LogP contribution in [0.1, 0.15) is 39.2 Å². The third-order valence-electron chi connectivity index (χ3n) is 4.08. The van der Waals surface area contributed by atoms with Gasteiger partial charge in [0.1, 0.15) is 11.9 Å². The van der Waals surface area contributed by atoms with Crippen LogP contribution in [0.3, 0.4) is 0 Å². The Balaban J connectivity index is 2.05. The van der Waals surface area contributed by atoms with Crippen molar-refractivity contribution in [1.29, 1.82) is 5.26 Å². The van der Waals surface area contributed by atoms with E-state index in [1.807, 2.05) is 20.8 Å². The number of likely N-dealkylation sites (tertiary alicyclic amines) is 1. The van der Waals surface area contributed by atoms with Crippen molar-refractivity contribution in [3.8, 4) is 6.07 Å². The number of rotatable bonds is 2. The van der Waals surface area contributed by atoms with Crippen LogP contribution in [-0.4, -0.2) is 29.8 Å². The zero-order valence-electron chi connectivity index (χ0n) is 14.2. The second-order valence-corrected chi connectivity index (χ2v) is 7.14. The molecule has 24 heavy (non-hydrogen) atoms. The number of piperidine rings is 1. The molecule has 6 heteroatoms. The molecule has 1 aromatic rings. The molecule has 0 spiro atoms. The lowest BCUT2D eigenvalue weighted by Crippen LogP contribution is -2.47. The Morgan fingerprint density at radius 3 is 2.71 bits per heavy atom. The van der Waals surface area contributed by atoms with E-state index in [0.29, 0.717) is 25.2 Å². The quantitative estimate of drug-likeness (QED) is 0.905. The van der Waals surface area contributed by atoms with Crippen molar-refractivity contribution in [3.05, 3.63) is 29.6 Å². The summed E-state index contributed by atoms with van der Waals surface area (Å²) < 4.78 is 13.3. The van der Waals surface area contributed by atoms with Crippen molar-refractivity contribution in [2.24, 2.45) is 11.3 Å². The first-order valence-corrected chi connectivity index (χ1v) is 8.02. The van der Waals surface area contributed by atoms with E-state index < -0.39 is 11.2 Å². The standard InChI is InChI=1S/C18H22FN3O2/c1-18(2,3)17(24)22-8-4-5-12(11-22)16(23)21-14-6-7-15(19)13(9-14)10-20/h6-7,9,12H,4-5,8,11H2,1-3H3,(H,21,23). The van der Waals surface area contributed by atoms with Crippen LogP contribution in [0.4, 0.5) is 10.1 Å². The van der Waals surface area contributed by atoms with Gasteiger partial charge in [0.25, 0.3) is 0 Å². The number of amides is 2. The summed E-state index contributed by atoms with van der Waals surface area (Å²) in [6.07, 6.45) is 1.47. The van der Waals surface area contributed by atoms with Gasteiger partial charge in [0.15, 0.2) is 0 Å². The number of benzene rings is 1. The summed E-state index contributed by atoms with van der Waals surface area (Å²) >= 11 is 0. The van der Waals surface area contributed by atoms with Crippen LogP contribution in [0.25, 0.3) is 0 Å². The average molecular weight is 331 g/mol. The molecule has 2 rings (SSSR count). The molecule has 1 fully saturated rings. The van der Waals surface area contributed by atoms with Gasteiger partial charge in [0.05, 0.1) is 11.5 Å². The molecule has 1 aliphatic rings. The molecule has 1 N–H and O–H groups in total. The molecular formula is C18H22FN3O2. The Morgan fingerprint density at radius 1 is 1.38 bits per heavy atom. The summed E-state index contributed by atoms with van der Waals surface area (Å²) in [5.74, 6) is -1.10. The summed E-state index contributed by atoms with van der Waals surface area (Å²) in [5.41, 5.74) is -0.199. The lowest BCUT2D eigenvalue weighted by molar-refractivity contribution is -0.142. The number of hydrogen-bond donors (Lipinski definition) is 1. The number of nitrogens with zero attached hydrogens (tertiary/aromatic N) is 2. The van der Waals surface area contributed by atoms with E-state index in [9.17, 15) is 14.0 Å². The molecule has 0 bridgehead atoms. The number of nitrogens with one attached hydrogen (secondary N) is 1. The van der Waals surface area contributed by atoms with Gasteiger partial charge in [-0.25, -0.2) is 4.39 Å². The molecule has 0 aromatic heterocycles. The minimum Gasteiger partial charge on any atom is -0.341 e. The first kappa shape index (κ1) is 17.9. The Bertz CT molecular complexity index is 688. The monoisotopic (exact) mass is 331 g/mol. The smallest absolute Gasteiger partial charge is 0.229 e. The maximum atomic E-state index is 13.3. The van der Waals surface area contributed by atoms with Gasteiger partial charge in [-0.15, -0.1) is 0 Å². The van der Waals surface area contributed by atoms with Gasteiger partial charge in [0, 0.05) is 24.2 Å². The topological polar surface area (TPSA) is 73.2 Å². The van der Waals surface area contributed by atoms with Crippen LogP contribution in [0.15, 0.2) is 18.2 Å². The molecule has 1 saturated heterocycles. The SMILES string of the molecule is CC(C)(C)C(=O)N1CCCC(C(=O)Nc2ccc(F)c(C#N)c2)C1. The predicted molar refractivity (Wildman–Crippen MR) is 88.5 cm³/mol. The van der Waals surface area contributed by atoms with Crippen LogP contribution < -0.4 is 5.32 Å². The molecule has 2 amide bonds. The number of hydrogen-bond acceptors (Lipinski definition) is 3. The molecular weight excluding hydrogens is 309 g/mol. The molecule has 0 radical (unpaired) electrons. The Kier molecular flexibility index (Phi) is 5.23. The molecule has 0 saturated carbocycles. The highest BCUT2D eigenvalue weighted by atomic mass is 19.1. The minimum absolute atomic E-state index is 0.0357. The number of carbonyl (C=O) groups is 2. The van der Waals surface area contributed by atoms with Crippen molar-refractivity contribution in [3.63, 3.8) is 0 Å². The fourth-order valence-corrected chi connectivity index (χ4v) is 2.78. The fourth-order valence-electron chi connectivity index (χ4n) is 2.78. The molecule has 1 atom stereocenters. The zero-order valence-corrected chi connectivity index (χ0v) is 14.2. The van der Waals surface area contributed by atoms with Gasteiger partial charge in [-0.05, 0) is 31.0 Å². The van der Waals surface area contributed by atoms with Crippen molar-refractivity contribution in [2.75, 3.05) is 18.4 Å². The van der Waals surface area contributed by atoms with Crippen molar-refractivity contribution < 1.29 is 14.0 Å². The van der Waals surface area contributed by atoms with E-state index in [2.05, 4.69) is 5.32 Å². The Labute approximate surface area is 141 Å². The van der Waals surface area contributed by atoms with E-state index >= 15 is 0 Å². The number of halogens is 1. The Hall–Kier alpha value is -2.42. The van der Waals surface area contributed by atoms with Gasteiger partial charge in [0.2, 0.25) is 11.8 Å².